The standard InChI is InChI=1S/C17H19F3N2O3S/c1-16-10-4-12(15(23)5-10)14(16)8-22(26(16,24)25)11-3-2-9(7-21)13(6-11)17(18,19)20/h2-3,6,10,12,14-15,23-25H,4-5,8H2,1H3/t10-,12-,14-,15+,16+/m0/s1. The van der Waals surface area contributed by atoms with E-state index in [1.807, 2.05) is 0 Å². The Hall–Kier alpha value is -1.47. The molecule has 4 rings (SSSR count). The summed E-state index contributed by atoms with van der Waals surface area (Å²) in [5.74, 6) is -0.323. The molecule has 1 aromatic carbocycles. The molecule has 1 aliphatic heterocycles. The number of rotatable bonds is 1. The largest absolute Gasteiger partial charge is 0.417 e. The minimum absolute atomic E-state index is 0.0424. The molecule has 142 valence electrons. The van der Waals surface area contributed by atoms with Crippen molar-refractivity contribution in [3.63, 3.8) is 0 Å². The summed E-state index contributed by atoms with van der Waals surface area (Å²) in [6.07, 6.45) is -4.01. The molecule has 0 spiro atoms. The molecular formula is C17H19F3N2O3S. The van der Waals surface area contributed by atoms with Crippen molar-refractivity contribution < 1.29 is 27.4 Å². The summed E-state index contributed by atoms with van der Waals surface area (Å²) >= 11 is 0. The normalized spacial score (nSPS) is 38.9. The highest BCUT2D eigenvalue weighted by atomic mass is 32.3. The number of aliphatic hydroxyl groups is 1. The van der Waals surface area contributed by atoms with Crippen molar-refractivity contribution in [3.8, 4) is 6.07 Å². The molecule has 3 fully saturated rings. The molecule has 3 N–H and O–H groups in total. The smallest absolute Gasteiger partial charge is 0.393 e. The number of hydrogen-bond acceptors (Lipinski definition) is 5. The first-order valence-corrected chi connectivity index (χ1v) is 9.87. The van der Waals surface area contributed by atoms with Crippen molar-refractivity contribution in [2.75, 3.05) is 10.8 Å². The first-order valence-electron chi connectivity index (χ1n) is 8.36. The van der Waals surface area contributed by atoms with Crippen molar-refractivity contribution in [1.29, 1.82) is 5.26 Å². The van der Waals surface area contributed by atoms with E-state index in [9.17, 15) is 27.4 Å². The fraction of sp³-hybridized carbons (Fsp3) is 0.588. The summed E-state index contributed by atoms with van der Waals surface area (Å²) in [5, 5.41) is 19.1. The van der Waals surface area contributed by atoms with Gasteiger partial charge in [-0.3, -0.25) is 13.4 Å². The molecule has 2 aliphatic carbocycles. The molecule has 26 heavy (non-hydrogen) atoms. The number of hydrogen-bond donors (Lipinski definition) is 3. The van der Waals surface area contributed by atoms with E-state index in [0.29, 0.717) is 12.8 Å². The van der Waals surface area contributed by atoms with Crippen LogP contribution in [0.4, 0.5) is 18.9 Å². The van der Waals surface area contributed by atoms with Crippen molar-refractivity contribution in [3.05, 3.63) is 29.3 Å². The Labute approximate surface area is 150 Å². The van der Waals surface area contributed by atoms with Gasteiger partial charge < -0.3 is 5.11 Å². The van der Waals surface area contributed by atoms with Crippen LogP contribution in [0.3, 0.4) is 0 Å². The number of benzene rings is 1. The summed E-state index contributed by atoms with van der Waals surface area (Å²) < 4.78 is 62.2. The molecule has 9 heteroatoms. The van der Waals surface area contributed by atoms with Gasteiger partial charge in [-0.25, -0.2) is 0 Å². The Kier molecular flexibility index (Phi) is 3.64. The van der Waals surface area contributed by atoms with E-state index < -0.39 is 38.9 Å². The van der Waals surface area contributed by atoms with E-state index in [-0.39, 0.29) is 30.0 Å². The Morgan fingerprint density at radius 2 is 2.00 bits per heavy atom. The summed E-state index contributed by atoms with van der Waals surface area (Å²) in [6.45, 7) is 1.96. The van der Waals surface area contributed by atoms with Crippen LogP contribution in [-0.4, -0.2) is 31.6 Å². The molecule has 0 aromatic heterocycles. The van der Waals surface area contributed by atoms with Crippen molar-refractivity contribution in [1.82, 2.24) is 0 Å². The van der Waals surface area contributed by atoms with Gasteiger partial charge in [0.05, 0.1) is 33.7 Å². The van der Waals surface area contributed by atoms with Crippen LogP contribution in [0.15, 0.2) is 18.2 Å². The van der Waals surface area contributed by atoms with Crippen molar-refractivity contribution >= 4 is 16.5 Å². The van der Waals surface area contributed by atoms with Gasteiger partial charge >= 0.3 is 6.18 Å². The Morgan fingerprint density at radius 3 is 2.62 bits per heavy atom. The maximum atomic E-state index is 13.3. The minimum atomic E-state index is -4.71. The van der Waals surface area contributed by atoms with E-state index in [1.165, 1.54) is 16.4 Å². The van der Waals surface area contributed by atoms with E-state index in [0.717, 1.165) is 12.1 Å². The third-order valence-electron chi connectivity index (χ3n) is 6.62. The van der Waals surface area contributed by atoms with E-state index in [1.54, 1.807) is 6.92 Å². The molecule has 2 bridgehead atoms. The lowest BCUT2D eigenvalue weighted by Crippen LogP contribution is -2.44. The van der Waals surface area contributed by atoms with Crippen LogP contribution in [0, 0.1) is 29.1 Å². The Balaban J connectivity index is 1.78. The summed E-state index contributed by atoms with van der Waals surface area (Å²) in [6, 6.07) is 4.73. The molecule has 0 amide bonds. The highest BCUT2D eigenvalue weighted by Gasteiger charge is 2.69. The zero-order valence-corrected chi connectivity index (χ0v) is 14.8. The summed E-state index contributed by atoms with van der Waals surface area (Å²) in [5.41, 5.74) is -1.54. The molecule has 0 unspecified atom stereocenters. The van der Waals surface area contributed by atoms with Gasteiger partial charge in [0.15, 0.2) is 0 Å². The number of anilines is 1. The SMILES string of the molecule is C[C@@]12[C@H]3C[C@H]([C@H](O)C3)[C@@H]1CN(c1ccc(C#N)c(C(F)(F)F)c1)S2(O)O. The molecule has 0 radical (unpaired) electrons. The monoisotopic (exact) mass is 388 g/mol. The Bertz CT molecular complexity index is 809. The number of nitriles is 1. The van der Waals surface area contributed by atoms with Gasteiger partial charge in [0.1, 0.15) is 0 Å². The highest BCUT2D eigenvalue weighted by molar-refractivity contribution is 8.26. The average Bonchev–Trinajstić information content (AvgIpc) is 3.13. The molecule has 1 saturated heterocycles. The number of halogens is 3. The van der Waals surface area contributed by atoms with Gasteiger partial charge in [-0.1, -0.05) is 0 Å². The third-order valence-corrected chi connectivity index (χ3v) is 9.41. The summed E-state index contributed by atoms with van der Waals surface area (Å²) in [7, 11) is -3.38. The fourth-order valence-corrected chi connectivity index (χ4v) is 7.76. The van der Waals surface area contributed by atoms with Crippen LogP contribution in [0.1, 0.15) is 30.9 Å². The fourth-order valence-electron chi connectivity index (χ4n) is 5.21. The predicted molar refractivity (Wildman–Crippen MR) is 90.5 cm³/mol. The molecule has 1 heterocycles. The van der Waals surface area contributed by atoms with Crippen LogP contribution in [-0.2, 0) is 6.18 Å². The second-order valence-corrected chi connectivity index (χ2v) is 9.97. The molecule has 1 aromatic rings. The average molecular weight is 388 g/mol. The predicted octanol–water partition coefficient (Wildman–Crippen LogP) is 3.84. The zero-order chi connectivity index (χ0) is 19.1. The van der Waals surface area contributed by atoms with Crippen molar-refractivity contribution in [2.24, 2.45) is 17.8 Å². The van der Waals surface area contributed by atoms with Crippen molar-refractivity contribution in [2.45, 2.75) is 36.8 Å². The first kappa shape index (κ1) is 17.9. The maximum Gasteiger partial charge on any atom is 0.417 e. The molecule has 2 saturated carbocycles. The van der Waals surface area contributed by atoms with Gasteiger partial charge in [-0.05, 0) is 49.8 Å². The third kappa shape index (κ3) is 2.10. The summed E-state index contributed by atoms with van der Waals surface area (Å²) in [4.78, 5) is 0. The van der Waals surface area contributed by atoms with Crippen LogP contribution in [0.5, 0.6) is 0 Å². The van der Waals surface area contributed by atoms with Crippen LogP contribution in [0.2, 0.25) is 0 Å². The van der Waals surface area contributed by atoms with Gasteiger partial charge in [0.25, 0.3) is 0 Å². The molecule has 5 nitrogen and oxygen atoms in total. The van der Waals surface area contributed by atoms with E-state index >= 15 is 0 Å². The van der Waals surface area contributed by atoms with Gasteiger partial charge in [-0.15, -0.1) is 10.8 Å². The van der Waals surface area contributed by atoms with E-state index in [2.05, 4.69) is 0 Å². The van der Waals surface area contributed by atoms with Gasteiger partial charge in [0.2, 0.25) is 0 Å². The lowest BCUT2D eigenvalue weighted by atomic mass is 9.78. The molecule has 5 atom stereocenters. The number of aliphatic hydroxyl groups excluding tert-OH is 1. The Morgan fingerprint density at radius 1 is 1.31 bits per heavy atom. The maximum absolute atomic E-state index is 13.3. The topological polar surface area (TPSA) is 87.7 Å². The van der Waals surface area contributed by atoms with Gasteiger partial charge in [-0.2, -0.15) is 18.4 Å². The highest BCUT2D eigenvalue weighted by Crippen LogP contribution is 2.76. The van der Waals surface area contributed by atoms with Gasteiger partial charge in [0, 0.05) is 12.5 Å². The van der Waals surface area contributed by atoms with Crippen LogP contribution >= 0.6 is 10.8 Å². The zero-order valence-electron chi connectivity index (χ0n) is 13.9. The first-order chi connectivity index (χ1) is 12.0. The van der Waals surface area contributed by atoms with Crippen LogP contribution < -0.4 is 4.31 Å². The second-order valence-electron chi connectivity index (χ2n) is 7.61. The van der Waals surface area contributed by atoms with E-state index in [4.69, 9.17) is 5.26 Å². The number of alkyl halides is 3. The molecule has 3 aliphatic rings. The molecular weight excluding hydrogens is 369 g/mol. The van der Waals surface area contributed by atoms with Crippen LogP contribution in [0.25, 0.3) is 0 Å². The lowest BCUT2D eigenvalue weighted by Gasteiger charge is -2.51. The quantitative estimate of drug-likeness (QED) is 0.680. The number of nitrogens with zero attached hydrogens (tertiary/aromatic N) is 2. The lowest BCUT2D eigenvalue weighted by molar-refractivity contribution is -0.137. The number of fused-ring (bicyclic) bond motifs is 5. The minimum Gasteiger partial charge on any atom is -0.393 e. The second kappa shape index (κ2) is 5.29.